The highest BCUT2D eigenvalue weighted by atomic mass is 16.2. The van der Waals surface area contributed by atoms with Crippen LogP contribution < -0.4 is 5.32 Å². The Morgan fingerprint density at radius 3 is 3.00 bits per heavy atom. The first-order valence-corrected chi connectivity index (χ1v) is 3.67. The maximum atomic E-state index is 11.1. The normalized spacial score (nSPS) is 48.6. The van der Waals surface area contributed by atoms with Crippen LogP contribution in [-0.2, 0) is 0 Å². The number of rotatable bonds is 0. The molecule has 0 saturated carbocycles. The number of carbonyl (C=O) groups is 1. The van der Waals surface area contributed by atoms with E-state index in [1.807, 2.05) is 4.90 Å². The monoisotopic (exact) mass is 139 g/mol. The number of urea groups is 1. The van der Waals surface area contributed by atoms with Gasteiger partial charge in [0, 0.05) is 19.6 Å². The smallest absolute Gasteiger partial charge is 0.319 e. The summed E-state index contributed by atoms with van der Waals surface area (Å²) in [7, 11) is 0. The van der Waals surface area contributed by atoms with Crippen LogP contribution >= 0.6 is 0 Å². The highest BCUT2D eigenvalue weighted by Crippen LogP contribution is 2.30. The van der Waals surface area contributed by atoms with Crippen LogP contribution in [0.15, 0.2) is 0 Å². The quantitative estimate of drug-likeness (QED) is 0.469. The summed E-state index contributed by atoms with van der Waals surface area (Å²) in [4.78, 5) is 15.3. The largest absolute Gasteiger partial charge is 0.320 e. The van der Waals surface area contributed by atoms with Crippen LogP contribution in [0.5, 0.6) is 0 Å². The van der Waals surface area contributed by atoms with E-state index in [0.29, 0.717) is 12.2 Å². The molecule has 3 rings (SSSR count). The number of amides is 2. The summed E-state index contributed by atoms with van der Waals surface area (Å²) in [6.07, 6.45) is 0.362. The Kier molecular flexibility index (Phi) is 0.642. The van der Waals surface area contributed by atoms with Crippen molar-refractivity contribution in [3.63, 3.8) is 0 Å². The average Bonchev–Trinajstić information content (AvgIpc) is 2.12. The van der Waals surface area contributed by atoms with Crippen LogP contribution in [0.2, 0.25) is 0 Å². The summed E-state index contributed by atoms with van der Waals surface area (Å²) >= 11 is 0. The third kappa shape index (κ3) is 0.352. The second kappa shape index (κ2) is 1.29. The Bertz CT molecular complexity index is 203. The van der Waals surface area contributed by atoms with Crippen molar-refractivity contribution in [2.45, 2.75) is 12.2 Å². The third-order valence-corrected chi connectivity index (χ3v) is 2.74. The van der Waals surface area contributed by atoms with E-state index in [9.17, 15) is 4.79 Å². The van der Waals surface area contributed by atoms with Gasteiger partial charge in [-0.1, -0.05) is 0 Å². The van der Waals surface area contributed by atoms with Gasteiger partial charge in [-0.2, -0.15) is 0 Å². The standard InChI is InChI=1S/C6H9N3O/c10-6-7-5-4-3-8(5)1-2-9(4)6/h4-5H,1-3H2,(H,7,10)/t4?,5-/m1/s1. The molecule has 3 aliphatic rings. The van der Waals surface area contributed by atoms with E-state index in [-0.39, 0.29) is 6.03 Å². The number of fused-ring (bicyclic) bond motifs is 2. The van der Waals surface area contributed by atoms with Crippen molar-refractivity contribution in [1.29, 1.82) is 0 Å². The maximum Gasteiger partial charge on any atom is 0.319 e. The van der Waals surface area contributed by atoms with Crippen molar-refractivity contribution in [2.24, 2.45) is 0 Å². The van der Waals surface area contributed by atoms with Crippen LogP contribution in [0, 0.1) is 0 Å². The zero-order valence-corrected chi connectivity index (χ0v) is 5.58. The number of nitrogens with zero attached hydrogens (tertiary/aromatic N) is 2. The first kappa shape index (κ1) is 4.96. The molecular weight excluding hydrogens is 130 g/mol. The van der Waals surface area contributed by atoms with E-state index < -0.39 is 0 Å². The van der Waals surface area contributed by atoms with E-state index in [1.165, 1.54) is 0 Å². The Balaban J connectivity index is 2.01. The predicted octanol–water partition coefficient (Wildman–Crippen LogP) is -0.965. The molecule has 4 heteroatoms. The molecule has 4 nitrogen and oxygen atoms in total. The van der Waals surface area contributed by atoms with Crippen LogP contribution in [0.3, 0.4) is 0 Å². The molecule has 1 N–H and O–H groups in total. The van der Waals surface area contributed by atoms with Gasteiger partial charge in [-0.3, -0.25) is 4.90 Å². The Morgan fingerprint density at radius 1 is 1.50 bits per heavy atom. The molecule has 2 unspecified atom stereocenters. The van der Waals surface area contributed by atoms with Gasteiger partial charge >= 0.3 is 6.03 Å². The number of hydrogen-bond donors (Lipinski definition) is 1. The lowest BCUT2D eigenvalue weighted by Crippen LogP contribution is -2.69. The number of carbonyl (C=O) groups excluding carboxylic acids is 1. The summed E-state index contributed by atoms with van der Waals surface area (Å²) < 4.78 is 0. The van der Waals surface area contributed by atoms with Gasteiger partial charge in [0.2, 0.25) is 0 Å². The molecule has 0 aromatic heterocycles. The zero-order valence-electron chi connectivity index (χ0n) is 5.58. The number of nitrogens with one attached hydrogen (secondary N) is 1. The van der Waals surface area contributed by atoms with Crippen LogP contribution in [-0.4, -0.2) is 47.7 Å². The number of piperazine rings is 2. The lowest BCUT2D eigenvalue weighted by molar-refractivity contribution is -0.0289. The van der Waals surface area contributed by atoms with Crippen molar-refractivity contribution in [2.75, 3.05) is 19.6 Å². The molecule has 0 aromatic carbocycles. The minimum absolute atomic E-state index is 0.134. The van der Waals surface area contributed by atoms with Gasteiger partial charge in [-0.25, -0.2) is 4.79 Å². The summed E-state index contributed by atoms with van der Waals surface area (Å²) in [6, 6.07) is 0.635. The molecule has 3 saturated heterocycles. The first-order valence-electron chi connectivity index (χ1n) is 3.67. The third-order valence-electron chi connectivity index (χ3n) is 2.74. The molecular formula is C6H9N3O. The van der Waals surface area contributed by atoms with Gasteiger partial charge in [0.25, 0.3) is 0 Å². The minimum Gasteiger partial charge on any atom is -0.320 e. The van der Waals surface area contributed by atoms with Crippen molar-refractivity contribution >= 4 is 6.03 Å². The molecule has 0 radical (unpaired) electrons. The van der Waals surface area contributed by atoms with E-state index in [1.54, 1.807) is 0 Å². The van der Waals surface area contributed by atoms with E-state index in [2.05, 4.69) is 10.2 Å². The van der Waals surface area contributed by atoms with Crippen LogP contribution in [0.1, 0.15) is 0 Å². The average molecular weight is 139 g/mol. The maximum absolute atomic E-state index is 11.1. The molecule has 0 aromatic rings. The van der Waals surface area contributed by atoms with Crippen LogP contribution in [0.25, 0.3) is 0 Å². The highest BCUT2D eigenvalue weighted by Gasteiger charge is 2.53. The number of hydrogen-bond acceptors (Lipinski definition) is 2. The highest BCUT2D eigenvalue weighted by molar-refractivity contribution is 5.78. The van der Waals surface area contributed by atoms with Gasteiger partial charge in [0.05, 0.1) is 6.04 Å². The molecule has 3 heterocycles. The Labute approximate surface area is 58.8 Å². The fourth-order valence-corrected chi connectivity index (χ4v) is 2.11. The van der Waals surface area contributed by atoms with E-state index >= 15 is 0 Å². The fourth-order valence-electron chi connectivity index (χ4n) is 2.11. The molecule has 54 valence electrons. The zero-order chi connectivity index (χ0) is 6.72. The molecule has 0 spiro atoms. The molecule has 0 aliphatic carbocycles. The van der Waals surface area contributed by atoms with Gasteiger partial charge in [-0.05, 0) is 0 Å². The SMILES string of the molecule is O=C1N[C@H]2C3CN2CCN13. The Morgan fingerprint density at radius 2 is 2.40 bits per heavy atom. The predicted molar refractivity (Wildman–Crippen MR) is 34.4 cm³/mol. The molecule has 3 fully saturated rings. The summed E-state index contributed by atoms with van der Waals surface area (Å²) in [5.74, 6) is 0. The molecule has 10 heavy (non-hydrogen) atoms. The van der Waals surface area contributed by atoms with Gasteiger partial charge in [0.15, 0.2) is 0 Å². The molecule has 2 amide bonds. The van der Waals surface area contributed by atoms with Crippen molar-refractivity contribution in [3.8, 4) is 0 Å². The lowest BCUT2D eigenvalue weighted by atomic mass is 10.0. The summed E-state index contributed by atoms with van der Waals surface area (Å²) in [6.45, 7) is 3.07. The van der Waals surface area contributed by atoms with Gasteiger partial charge < -0.3 is 10.2 Å². The summed E-state index contributed by atoms with van der Waals surface area (Å²) in [5.41, 5.74) is 0. The van der Waals surface area contributed by atoms with E-state index in [4.69, 9.17) is 0 Å². The Hall–Kier alpha value is -0.770. The topological polar surface area (TPSA) is 35.6 Å². The van der Waals surface area contributed by atoms with Crippen LogP contribution in [0.4, 0.5) is 4.79 Å². The van der Waals surface area contributed by atoms with E-state index in [0.717, 1.165) is 19.6 Å². The molecule has 2 bridgehead atoms. The van der Waals surface area contributed by atoms with Gasteiger partial charge in [-0.15, -0.1) is 0 Å². The first-order chi connectivity index (χ1) is 4.86. The fraction of sp³-hybridized carbons (Fsp3) is 0.833. The summed E-state index contributed by atoms with van der Waals surface area (Å²) in [5, 5.41) is 2.93. The van der Waals surface area contributed by atoms with Crippen molar-refractivity contribution in [3.05, 3.63) is 0 Å². The lowest BCUT2D eigenvalue weighted by Gasteiger charge is -2.50. The minimum atomic E-state index is 0.134. The second-order valence-corrected chi connectivity index (χ2v) is 3.15. The van der Waals surface area contributed by atoms with Crippen molar-refractivity contribution < 1.29 is 4.79 Å². The molecule has 3 atom stereocenters. The second-order valence-electron chi connectivity index (χ2n) is 3.15. The van der Waals surface area contributed by atoms with Gasteiger partial charge in [0.1, 0.15) is 6.17 Å². The molecule has 3 aliphatic heterocycles. The van der Waals surface area contributed by atoms with Crippen molar-refractivity contribution in [1.82, 2.24) is 15.1 Å².